The van der Waals surface area contributed by atoms with Gasteiger partial charge in [0.1, 0.15) is 24.1 Å². The number of nitrogens with one attached hydrogen (secondary N) is 1. The van der Waals surface area contributed by atoms with E-state index >= 15 is 0 Å². The number of anilines is 1. The Kier molecular flexibility index (Phi) is 11.2. The number of methoxy groups -OCH3 is 2. The van der Waals surface area contributed by atoms with Crippen LogP contribution in [0.15, 0.2) is 71.6 Å². The lowest BCUT2D eigenvalue weighted by molar-refractivity contribution is -0.140. The number of nitrogens with zero attached hydrogens (tertiary/aromatic N) is 2. The predicted molar refractivity (Wildman–Crippen MR) is 165 cm³/mol. The molecule has 42 heavy (non-hydrogen) atoms. The number of rotatable bonds is 13. The fourth-order valence-electron chi connectivity index (χ4n) is 4.43. The normalized spacial score (nSPS) is 12.0. The Balaban J connectivity index is 2.15. The first-order valence-electron chi connectivity index (χ1n) is 13.6. The molecule has 9 nitrogen and oxygen atoms in total. The van der Waals surface area contributed by atoms with Crippen molar-refractivity contribution in [2.75, 3.05) is 25.1 Å². The Morgan fingerprint density at radius 3 is 2.14 bits per heavy atom. The maximum absolute atomic E-state index is 14.2. The fraction of sp³-hybridized carbons (Fsp3) is 0.355. The lowest BCUT2D eigenvalue weighted by atomic mass is 10.1. The van der Waals surface area contributed by atoms with Gasteiger partial charge in [-0.15, -0.1) is 0 Å². The highest BCUT2D eigenvalue weighted by Crippen LogP contribution is 2.36. The van der Waals surface area contributed by atoms with Crippen molar-refractivity contribution in [1.29, 1.82) is 0 Å². The largest absolute Gasteiger partial charge is 0.497 e. The first kappa shape index (κ1) is 32.8. The summed E-state index contributed by atoms with van der Waals surface area (Å²) >= 11 is 6.08. The molecule has 0 unspecified atom stereocenters. The van der Waals surface area contributed by atoms with Crippen molar-refractivity contribution in [1.82, 2.24) is 10.2 Å². The molecular weight excluding hydrogens is 578 g/mol. The Morgan fingerprint density at radius 1 is 0.952 bits per heavy atom. The van der Waals surface area contributed by atoms with Crippen LogP contribution in [0.2, 0.25) is 5.02 Å². The highest BCUT2D eigenvalue weighted by atomic mass is 35.5. The summed E-state index contributed by atoms with van der Waals surface area (Å²) in [6.45, 7) is 6.79. The molecule has 0 aliphatic rings. The molecule has 0 fully saturated rings. The lowest BCUT2D eigenvalue weighted by Gasteiger charge is -2.34. The third-order valence-electron chi connectivity index (χ3n) is 6.63. The second-order valence-electron chi connectivity index (χ2n) is 10.1. The molecule has 1 atom stereocenters. The molecule has 11 heteroatoms. The van der Waals surface area contributed by atoms with Gasteiger partial charge in [-0.3, -0.25) is 13.9 Å². The summed E-state index contributed by atoms with van der Waals surface area (Å²) in [4.78, 5) is 28.9. The Labute approximate surface area is 253 Å². The van der Waals surface area contributed by atoms with E-state index in [1.807, 2.05) is 20.8 Å². The molecule has 0 saturated carbocycles. The highest BCUT2D eigenvalue weighted by molar-refractivity contribution is 7.92. The number of hydrogen-bond acceptors (Lipinski definition) is 6. The average Bonchev–Trinajstić information content (AvgIpc) is 2.96. The van der Waals surface area contributed by atoms with Crippen molar-refractivity contribution >= 4 is 39.1 Å². The topological polar surface area (TPSA) is 105 Å². The lowest BCUT2D eigenvalue weighted by Crippen LogP contribution is -2.53. The van der Waals surface area contributed by atoms with Gasteiger partial charge in [0.2, 0.25) is 11.8 Å². The number of sulfonamides is 1. The van der Waals surface area contributed by atoms with E-state index < -0.39 is 28.5 Å². The molecule has 0 aliphatic heterocycles. The second-order valence-corrected chi connectivity index (χ2v) is 12.4. The van der Waals surface area contributed by atoms with Gasteiger partial charge < -0.3 is 19.7 Å². The van der Waals surface area contributed by atoms with Crippen LogP contribution in [0.5, 0.6) is 11.5 Å². The van der Waals surface area contributed by atoms with Crippen LogP contribution in [0.25, 0.3) is 0 Å². The maximum Gasteiger partial charge on any atom is 0.264 e. The molecule has 0 aromatic heterocycles. The van der Waals surface area contributed by atoms with Gasteiger partial charge in [0.25, 0.3) is 10.0 Å². The summed E-state index contributed by atoms with van der Waals surface area (Å²) in [5.41, 5.74) is 1.74. The van der Waals surface area contributed by atoms with Crippen LogP contribution in [-0.2, 0) is 26.2 Å². The van der Waals surface area contributed by atoms with Crippen LogP contribution in [0, 0.1) is 6.92 Å². The molecule has 0 saturated heterocycles. The Bertz CT molecular complexity index is 1480. The molecule has 0 aliphatic carbocycles. The van der Waals surface area contributed by atoms with Gasteiger partial charge in [-0.2, -0.15) is 0 Å². The van der Waals surface area contributed by atoms with E-state index in [4.69, 9.17) is 21.1 Å². The number of halogens is 1. The van der Waals surface area contributed by atoms with Gasteiger partial charge in [0.05, 0.1) is 24.8 Å². The smallest absolute Gasteiger partial charge is 0.264 e. The van der Waals surface area contributed by atoms with E-state index in [0.29, 0.717) is 17.2 Å². The Hall–Kier alpha value is -3.76. The first-order chi connectivity index (χ1) is 19.9. The number of hydrogen-bond donors (Lipinski definition) is 1. The molecule has 2 amide bonds. The van der Waals surface area contributed by atoms with Gasteiger partial charge >= 0.3 is 0 Å². The minimum absolute atomic E-state index is 0.000355. The number of carbonyl (C=O) groups is 2. The SMILES string of the molecule is CC[C@H](C(=O)NC(C)C)N(Cc1ccc(Cl)cc1)C(=O)CN(c1cc(OC)ccc1OC)S(=O)(=O)c1ccc(C)cc1. The van der Waals surface area contributed by atoms with E-state index in [0.717, 1.165) is 15.4 Å². The number of amides is 2. The quantitative estimate of drug-likeness (QED) is 0.284. The van der Waals surface area contributed by atoms with Crippen molar-refractivity contribution in [3.63, 3.8) is 0 Å². The zero-order valence-electron chi connectivity index (χ0n) is 24.8. The molecular formula is C31H38ClN3O6S. The van der Waals surface area contributed by atoms with Crippen molar-refractivity contribution in [3.8, 4) is 11.5 Å². The van der Waals surface area contributed by atoms with Crippen molar-refractivity contribution in [3.05, 3.63) is 82.9 Å². The van der Waals surface area contributed by atoms with Gasteiger partial charge in [-0.25, -0.2) is 8.42 Å². The third kappa shape index (κ3) is 7.95. The minimum atomic E-state index is -4.27. The van der Waals surface area contributed by atoms with Crippen molar-refractivity contribution in [2.24, 2.45) is 0 Å². The van der Waals surface area contributed by atoms with Crippen LogP contribution in [0.4, 0.5) is 5.69 Å². The maximum atomic E-state index is 14.2. The Morgan fingerprint density at radius 2 is 1.60 bits per heavy atom. The van der Waals surface area contributed by atoms with Crippen molar-refractivity contribution in [2.45, 2.75) is 57.6 Å². The number of aryl methyl sites for hydroxylation is 1. The van der Waals surface area contributed by atoms with Crippen LogP contribution >= 0.6 is 11.6 Å². The van der Waals surface area contributed by atoms with Gasteiger partial charge in [-0.05, 0) is 69.2 Å². The van der Waals surface area contributed by atoms with Gasteiger partial charge in [0, 0.05) is 23.7 Å². The van der Waals surface area contributed by atoms with Crippen LogP contribution in [-0.4, -0.2) is 58.0 Å². The van der Waals surface area contributed by atoms with Crippen LogP contribution < -0.4 is 19.1 Å². The molecule has 1 N–H and O–H groups in total. The van der Waals surface area contributed by atoms with Crippen molar-refractivity contribution < 1.29 is 27.5 Å². The highest BCUT2D eigenvalue weighted by Gasteiger charge is 2.35. The second kappa shape index (κ2) is 14.4. The van der Waals surface area contributed by atoms with Gasteiger partial charge in [0.15, 0.2) is 0 Å². The molecule has 0 radical (unpaired) electrons. The first-order valence-corrected chi connectivity index (χ1v) is 15.4. The molecule has 0 bridgehead atoms. The van der Waals surface area contributed by atoms with E-state index in [2.05, 4.69) is 5.32 Å². The number of benzene rings is 3. The molecule has 0 spiro atoms. The van der Waals surface area contributed by atoms with Gasteiger partial charge in [-0.1, -0.05) is 48.4 Å². The fourth-order valence-corrected chi connectivity index (χ4v) is 5.97. The summed E-state index contributed by atoms with van der Waals surface area (Å²) in [5.74, 6) is -0.297. The third-order valence-corrected chi connectivity index (χ3v) is 8.65. The van der Waals surface area contributed by atoms with E-state index in [1.54, 1.807) is 55.5 Å². The standard InChI is InChI=1S/C31H38ClN3O6S/c1-7-27(31(37)33-21(2)3)34(19-23-10-12-24(32)13-11-23)30(36)20-35(28-18-25(40-5)14-17-29(28)41-6)42(38,39)26-15-8-22(4)9-16-26/h8-18,21,27H,7,19-20H2,1-6H3,(H,33,37)/t27-/m1/s1. The summed E-state index contributed by atoms with van der Waals surface area (Å²) in [5, 5.41) is 3.41. The monoisotopic (exact) mass is 615 g/mol. The summed E-state index contributed by atoms with van der Waals surface area (Å²) in [6.07, 6.45) is 0.311. The summed E-state index contributed by atoms with van der Waals surface area (Å²) in [7, 11) is -1.40. The summed E-state index contributed by atoms with van der Waals surface area (Å²) < 4.78 is 40.2. The minimum Gasteiger partial charge on any atom is -0.497 e. The summed E-state index contributed by atoms with van der Waals surface area (Å²) in [6, 6.07) is 17.0. The number of ether oxygens (including phenoxy) is 2. The average molecular weight is 616 g/mol. The zero-order valence-corrected chi connectivity index (χ0v) is 26.3. The molecule has 3 aromatic rings. The zero-order chi connectivity index (χ0) is 31.0. The number of carbonyl (C=O) groups excluding carboxylic acids is 2. The van der Waals surface area contributed by atoms with Crippen LogP contribution in [0.1, 0.15) is 38.3 Å². The molecule has 3 rings (SSSR count). The molecule has 3 aromatic carbocycles. The molecule has 0 heterocycles. The van der Waals surface area contributed by atoms with E-state index in [9.17, 15) is 18.0 Å². The van der Waals surface area contributed by atoms with E-state index in [-0.39, 0.29) is 34.8 Å². The van der Waals surface area contributed by atoms with Crippen LogP contribution in [0.3, 0.4) is 0 Å². The predicted octanol–water partition coefficient (Wildman–Crippen LogP) is 5.19. The molecule has 226 valence electrons. The van der Waals surface area contributed by atoms with E-state index in [1.165, 1.54) is 37.3 Å².